The maximum Gasteiger partial charge on any atom is 0.305 e. The molecule has 3 rings (SSSR count). The Bertz CT molecular complexity index is 670. The van der Waals surface area contributed by atoms with Gasteiger partial charge < -0.3 is 15.0 Å². The van der Waals surface area contributed by atoms with Crippen LogP contribution in [0.2, 0.25) is 0 Å². The molecule has 1 N–H and O–H groups in total. The number of hydrogen-bond acceptors (Lipinski definition) is 4. The molecule has 168 valence electrons. The van der Waals surface area contributed by atoms with Crippen LogP contribution in [0.25, 0.3) is 0 Å². The first-order valence-corrected chi connectivity index (χ1v) is 11.0. The van der Waals surface area contributed by atoms with Crippen molar-refractivity contribution in [3.63, 3.8) is 0 Å². The molecule has 0 radical (unpaired) electrons. The van der Waals surface area contributed by atoms with Gasteiger partial charge in [0.15, 0.2) is 5.96 Å². The first-order valence-electron chi connectivity index (χ1n) is 11.0. The molecule has 0 aromatic heterocycles. The van der Waals surface area contributed by atoms with Gasteiger partial charge in [0.05, 0.1) is 7.11 Å². The van der Waals surface area contributed by atoms with Crippen LogP contribution in [0.15, 0.2) is 35.3 Å². The van der Waals surface area contributed by atoms with Crippen molar-refractivity contribution in [2.75, 3.05) is 40.3 Å². The number of likely N-dealkylation sites (tertiary alicyclic amines) is 2. The molecular weight excluding hydrogens is 491 g/mol. The van der Waals surface area contributed by atoms with E-state index in [0.717, 1.165) is 45.0 Å². The predicted octanol–water partition coefficient (Wildman–Crippen LogP) is 3.51. The van der Waals surface area contributed by atoms with E-state index in [1.807, 2.05) is 7.05 Å². The molecule has 0 spiro atoms. The third-order valence-corrected chi connectivity index (χ3v) is 6.24. The number of benzene rings is 1. The molecule has 1 aromatic rings. The lowest BCUT2D eigenvalue weighted by Crippen LogP contribution is -2.56. The summed E-state index contributed by atoms with van der Waals surface area (Å²) in [6, 6.07) is 11.5. The highest BCUT2D eigenvalue weighted by molar-refractivity contribution is 14.0. The van der Waals surface area contributed by atoms with E-state index in [-0.39, 0.29) is 29.9 Å². The van der Waals surface area contributed by atoms with Crippen molar-refractivity contribution in [3.05, 3.63) is 35.9 Å². The minimum absolute atomic E-state index is 0. The van der Waals surface area contributed by atoms with Crippen LogP contribution >= 0.6 is 24.0 Å². The van der Waals surface area contributed by atoms with Crippen LogP contribution in [0, 0.1) is 5.92 Å². The van der Waals surface area contributed by atoms with Crippen LogP contribution in [0.4, 0.5) is 0 Å². The van der Waals surface area contributed by atoms with Gasteiger partial charge in [-0.3, -0.25) is 14.7 Å². The molecule has 30 heavy (non-hydrogen) atoms. The fraction of sp³-hybridized carbons (Fsp3) is 0.652. The largest absolute Gasteiger partial charge is 0.469 e. The lowest BCUT2D eigenvalue weighted by Gasteiger charge is -2.48. The number of methoxy groups -OCH3 is 1. The van der Waals surface area contributed by atoms with Gasteiger partial charge in [-0.1, -0.05) is 30.3 Å². The Morgan fingerprint density at radius 2 is 2.00 bits per heavy atom. The van der Waals surface area contributed by atoms with E-state index in [1.165, 1.54) is 38.5 Å². The van der Waals surface area contributed by atoms with Crippen LogP contribution in [0.5, 0.6) is 0 Å². The number of ether oxygens (including phenoxy) is 1. The molecule has 0 saturated carbocycles. The Balaban J connectivity index is 0.00000320. The van der Waals surface area contributed by atoms with E-state index in [1.54, 1.807) is 0 Å². The van der Waals surface area contributed by atoms with Gasteiger partial charge >= 0.3 is 5.97 Å². The maximum atomic E-state index is 11.2. The molecule has 2 fully saturated rings. The molecule has 2 aliphatic heterocycles. The number of nitrogens with zero attached hydrogens (tertiary/aromatic N) is 3. The second-order valence-corrected chi connectivity index (χ2v) is 8.17. The summed E-state index contributed by atoms with van der Waals surface area (Å²) in [4.78, 5) is 20.8. The first kappa shape index (κ1) is 24.9. The topological polar surface area (TPSA) is 57.2 Å². The normalized spacial score (nSPS) is 22.1. The lowest BCUT2D eigenvalue weighted by molar-refractivity contribution is -0.140. The Kier molecular flexibility index (Phi) is 10.9. The highest BCUT2D eigenvalue weighted by Gasteiger charge is 2.36. The first-order chi connectivity index (χ1) is 14.2. The summed E-state index contributed by atoms with van der Waals surface area (Å²) < 4.78 is 4.70. The second-order valence-electron chi connectivity index (χ2n) is 8.17. The number of rotatable bonds is 7. The molecule has 2 heterocycles. The average molecular weight is 528 g/mol. The molecule has 2 atom stereocenters. The van der Waals surface area contributed by atoms with Crippen LogP contribution in [-0.2, 0) is 16.1 Å². The quantitative estimate of drug-likeness (QED) is 0.193. The molecule has 1 aromatic carbocycles. The fourth-order valence-corrected chi connectivity index (χ4v) is 4.74. The number of aliphatic imine (C=N–C) groups is 1. The van der Waals surface area contributed by atoms with Gasteiger partial charge in [0.1, 0.15) is 0 Å². The van der Waals surface area contributed by atoms with Gasteiger partial charge in [-0.05, 0) is 50.1 Å². The molecule has 6 nitrogen and oxygen atoms in total. The summed E-state index contributed by atoms with van der Waals surface area (Å²) in [5.41, 5.74) is 1.42. The molecule has 0 aliphatic carbocycles. The highest BCUT2D eigenvalue weighted by Crippen LogP contribution is 2.31. The number of carbonyl (C=O) groups is 1. The number of fused-ring (bicyclic) bond motifs is 1. The second kappa shape index (κ2) is 13.1. The third kappa shape index (κ3) is 7.11. The zero-order valence-electron chi connectivity index (χ0n) is 18.4. The summed E-state index contributed by atoms with van der Waals surface area (Å²) in [5.74, 6) is 1.58. The van der Waals surface area contributed by atoms with E-state index in [9.17, 15) is 4.79 Å². The molecule has 7 heteroatoms. The molecule has 0 bridgehead atoms. The van der Waals surface area contributed by atoms with Crippen molar-refractivity contribution in [2.24, 2.45) is 10.9 Å². The third-order valence-electron chi connectivity index (χ3n) is 6.24. The van der Waals surface area contributed by atoms with Crippen molar-refractivity contribution >= 4 is 35.9 Å². The smallest absolute Gasteiger partial charge is 0.305 e. The van der Waals surface area contributed by atoms with E-state index in [0.29, 0.717) is 18.4 Å². The maximum absolute atomic E-state index is 11.2. The van der Waals surface area contributed by atoms with Crippen LogP contribution in [0.1, 0.15) is 44.1 Å². The summed E-state index contributed by atoms with van der Waals surface area (Å²) in [6.45, 7) is 5.25. The van der Waals surface area contributed by atoms with Crippen molar-refractivity contribution in [2.45, 2.75) is 51.1 Å². The zero-order valence-corrected chi connectivity index (χ0v) is 20.7. The predicted molar refractivity (Wildman–Crippen MR) is 132 cm³/mol. The number of piperidine rings is 2. The van der Waals surface area contributed by atoms with Crippen LogP contribution < -0.4 is 5.32 Å². The number of carbonyl (C=O) groups excluding carboxylic acids is 1. The standard InChI is InChI=1S/C23H36N4O2.HI/c1-24-23(25-14-7-6-12-22(28)29-2)27-16-13-21-20(18-27)11-8-15-26(21)17-19-9-4-3-5-10-19;/h3-5,9-10,20-21H,6-8,11-18H2,1-2H3,(H,24,25);1H. The van der Waals surface area contributed by atoms with Crippen LogP contribution in [0.3, 0.4) is 0 Å². The van der Waals surface area contributed by atoms with E-state index in [4.69, 9.17) is 4.74 Å². The van der Waals surface area contributed by atoms with Gasteiger partial charge in [-0.15, -0.1) is 24.0 Å². The van der Waals surface area contributed by atoms with Gasteiger partial charge in [-0.2, -0.15) is 0 Å². The Morgan fingerprint density at radius 1 is 1.20 bits per heavy atom. The Labute approximate surface area is 198 Å². The Hall–Kier alpha value is -1.35. The van der Waals surface area contributed by atoms with Gasteiger partial charge in [0, 0.05) is 45.7 Å². The summed E-state index contributed by atoms with van der Waals surface area (Å²) >= 11 is 0. The number of nitrogens with one attached hydrogen (secondary N) is 1. The van der Waals surface area contributed by atoms with Crippen molar-refractivity contribution in [1.29, 1.82) is 0 Å². The number of unbranched alkanes of at least 4 members (excludes halogenated alkanes) is 1. The number of hydrogen-bond donors (Lipinski definition) is 1. The molecule has 2 saturated heterocycles. The van der Waals surface area contributed by atoms with E-state index in [2.05, 4.69) is 50.4 Å². The van der Waals surface area contributed by atoms with Crippen molar-refractivity contribution in [1.82, 2.24) is 15.1 Å². The highest BCUT2D eigenvalue weighted by atomic mass is 127. The molecule has 0 amide bonds. The number of guanidine groups is 1. The van der Waals surface area contributed by atoms with Gasteiger partial charge in [-0.25, -0.2) is 0 Å². The fourth-order valence-electron chi connectivity index (χ4n) is 4.74. The minimum Gasteiger partial charge on any atom is -0.469 e. The summed E-state index contributed by atoms with van der Waals surface area (Å²) in [7, 11) is 3.31. The van der Waals surface area contributed by atoms with Gasteiger partial charge in [0.25, 0.3) is 0 Å². The zero-order chi connectivity index (χ0) is 20.5. The van der Waals surface area contributed by atoms with Crippen LogP contribution in [-0.4, -0.2) is 68.1 Å². The van der Waals surface area contributed by atoms with E-state index < -0.39 is 0 Å². The van der Waals surface area contributed by atoms with Crippen molar-refractivity contribution < 1.29 is 9.53 Å². The summed E-state index contributed by atoms with van der Waals surface area (Å²) in [6.07, 6.45) is 6.06. The minimum atomic E-state index is -0.131. The van der Waals surface area contributed by atoms with E-state index >= 15 is 0 Å². The van der Waals surface area contributed by atoms with Gasteiger partial charge in [0.2, 0.25) is 0 Å². The SMILES string of the molecule is CN=C(NCCCCC(=O)OC)N1CCC2C(CCCN2Cc2ccccc2)C1.I. The Morgan fingerprint density at radius 3 is 2.73 bits per heavy atom. The summed E-state index contributed by atoms with van der Waals surface area (Å²) in [5, 5.41) is 3.49. The molecular formula is C23H37IN4O2. The average Bonchev–Trinajstić information content (AvgIpc) is 2.76. The monoisotopic (exact) mass is 528 g/mol. The number of esters is 1. The number of halogens is 1. The van der Waals surface area contributed by atoms with Crippen molar-refractivity contribution in [3.8, 4) is 0 Å². The molecule has 2 unspecified atom stereocenters. The molecule has 2 aliphatic rings. The lowest BCUT2D eigenvalue weighted by atomic mass is 9.83.